The molecule has 2 aliphatic rings. The summed E-state index contributed by atoms with van der Waals surface area (Å²) in [6.07, 6.45) is 3.29. The van der Waals surface area contributed by atoms with Crippen LogP contribution in [-0.2, 0) is 9.53 Å². The maximum absolute atomic E-state index is 10.7. The van der Waals surface area contributed by atoms with Crippen molar-refractivity contribution in [3.63, 3.8) is 0 Å². The van der Waals surface area contributed by atoms with Crippen molar-refractivity contribution >= 4 is 6.29 Å². The molecule has 0 amide bonds. The number of hydrogen-bond donors (Lipinski definition) is 0. The Morgan fingerprint density at radius 3 is 2.10 bits per heavy atom. The summed E-state index contributed by atoms with van der Waals surface area (Å²) in [5.41, 5.74) is 0.208. The Bertz CT molecular complexity index is 166. The van der Waals surface area contributed by atoms with Gasteiger partial charge < -0.3 is 9.53 Å². The number of ether oxygens (including phenoxy) is 1. The van der Waals surface area contributed by atoms with Crippen LogP contribution in [0.25, 0.3) is 0 Å². The molecule has 1 saturated carbocycles. The van der Waals surface area contributed by atoms with Crippen LogP contribution in [-0.4, -0.2) is 19.5 Å². The second-order valence-corrected chi connectivity index (χ2v) is 3.83. The highest BCUT2D eigenvalue weighted by Gasteiger charge is 2.60. The van der Waals surface area contributed by atoms with Gasteiger partial charge in [-0.3, -0.25) is 0 Å². The highest BCUT2D eigenvalue weighted by Crippen LogP contribution is 2.59. The van der Waals surface area contributed by atoms with Crippen molar-refractivity contribution in [2.45, 2.75) is 19.8 Å². The van der Waals surface area contributed by atoms with Crippen LogP contribution in [0.1, 0.15) is 19.8 Å². The molecule has 0 unspecified atom stereocenters. The molecule has 0 N–H and O–H groups in total. The zero-order chi connectivity index (χ0) is 7.24. The van der Waals surface area contributed by atoms with Gasteiger partial charge in [-0.25, -0.2) is 0 Å². The zero-order valence-corrected chi connectivity index (χ0v) is 6.22. The molecular weight excluding hydrogens is 128 g/mol. The molecule has 2 fully saturated rings. The molecule has 2 heteroatoms. The van der Waals surface area contributed by atoms with Crippen LogP contribution in [0.3, 0.4) is 0 Å². The highest BCUT2D eigenvalue weighted by molar-refractivity contribution is 5.65. The summed E-state index contributed by atoms with van der Waals surface area (Å²) in [5, 5.41) is 0. The Kier molecular flexibility index (Phi) is 1.03. The first-order chi connectivity index (χ1) is 4.72. The molecule has 0 spiro atoms. The van der Waals surface area contributed by atoms with Crippen molar-refractivity contribution in [3.05, 3.63) is 0 Å². The molecule has 0 atom stereocenters. The lowest BCUT2D eigenvalue weighted by atomic mass is 9.73. The molecule has 0 bridgehead atoms. The number of hydrogen-bond acceptors (Lipinski definition) is 2. The molecule has 1 aliphatic carbocycles. The molecular formula is C8H12O2. The maximum Gasteiger partial charge on any atom is 0.126 e. The van der Waals surface area contributed by atoms with Gasteiger partial charge in [0.1, 0.15) is 6.29 Å². The molecule has 0 radical (unpaired) electrons. The van der Waals surface area contributed by atoms with Gasteiger partial charge in [-0.05, 0) is 12.8 Å². The van der Waals surface area contributed by atoms with Crippen LogP contribution < -0.4 is 0 Å². The van der Waals surface area contributed by atoms with E-state index in [1.165, 1.54) is 0 Å². The summed E-state index contributed by atoms with van der Waals surface area (Å²) in [6.45, 7) is 3.72. The van der Waals surface area contributed by atoms with Gasteiger partial charge in [-0.1, -0.05) is 6.92 Å². The summed E-state index contributed by atoms with van der Waals surface area (Å²) < 4.78 is 5.11. The number of aldehydes is 1. The van der Waals surface area contributed by atoms with E-state index in [0.29, 0.717) is 0 Å². The van der Waals surface area contributed by atoms with Crippen LogP contribution in [0.5, 0.6) is 0 Å². The monoisotopic (exact) mass is 140 g/mol. The third-order valence-electron chi connectivity index (χ3n) is 3.06. The molecule has 0 aromatic carbocycles. The second-order valence-electron chi connectivity index (χ2n) is 3.83. The van der Waals surface area contributed by atoms with Crippen LogP contribution in [0.2, 0.25) is 0 Å². The summed E-state index contributed by atoms with van der Waals surface area (Å²) in [5.74, 6) is 0. The van der Waals surface area contributed by atoms with Crippen molar-refractivity contribution in [2.24, 2.45) is 10.8 Å². The van der Waals surface area contributed by atoms with Gasteiger partial charge in [-0.2, -0.15) is 0 Å². The highest BCUT2D eigenvalue weighted by atomic mass is 16.5. The fraction of sp³-hybridized carbons (Fsp3) is 0.875. The van der Waals surface area contributed by atoms with E-state index < -0.39 is 0 Å². The van der Waals surface area contributed by atoms with Gasteiger partial charge in [-0.15, -0.1) is 0 Å². The van der Waals surface area contributed by atoms with Gasteiger partial charge in [0.05, 0.1) is 13.2 Å². The van der Waals surface area contributed by atoms with E-state index in [2.05, 4.69) is 6.92 Å². The van der Waals surface area contributed by atoms with Crippen LogP contribution in [0.4, 0.5) is 0 Å². The normalized spacial score (nSPS) is 32.5. The smallest absolute Gasteiger partial charge is 0.126 e. The summed E-state index contributed by atoms with van der Waals surface area (Å²) in [7, 11) is 0. The molecule has 1 aliphatic heterocycles. The molecule has 1 saturated heterocycles. The van der Waals surface area contributed by atoms with E-state index in [-0.39, 0.29) is 10.8 Å². The number of rotatable bonds is 2. The van der Waals surface area contributed by atoms with Crippen molar-refractivity contribution in [1.82, 2.24) is 0 Å². The largest absolute Gasteiger partial charge is 0.380 e. The molecule has 2 nitrogen and oxygen atoms in total. The van der Waals surface area contributed by atoms with Gasteiger partial charge in [0.25, 0.3) is 0 Å². The summed E-state index contributed by atoms with van der Waals surface area (Å²) >= 11 is 0. The Morgan fingerprint density at radius 2 is 2.00 bits per heavy atom. The molecule has 56 valence electrons. The summed E-state index contributed by atoms with van der Waals surface area (Å²) in [6, 6.07) is 0. The first-order valence-electron chi connectivity index (χ1n) is 3.77. The number of carbonyl (C=O) groups is 1. The van der Waals surface area contributed by atoms with Crippen LogP contribution >= 0.6 is 0 Å². The minimum Gasteiger partial charge on any atom is -0.380 e. The van der Waals surface area contributed by atoms with E-state index in [9.17, 15) is 4.79 Å². The Labute approximate surface area is 60.6 Å². The standard InChI is InChI=1S/C8H12O2/c1-7(5-10-6-7)8(4-9)2-3-8/h4H,2-3,5-6H2,1H3. The molecule has 0 aromatic heterocycles. The van der Waals surface area contributed by atoms with Crippen molar-refractivity contribution in [1.29, 1.82) is 0 Å². The van der Waals surface area contributed by atoms with E-state index in [1.807, 2.05) is 0 Å². The average molecular weight is 140 g/mol. The molecule has 0 aromatic rings. The van der Waals surface area contributed by atoms with Gasteiger partial charge in [0.15, 0.2) is 0 Å². The predicted octanol–water partition coefficient (Wildman–Crippen LogP) is 1.00. The lowest BCUT2D eigenvalue weighted by Crippen LogP contribution is -2.47. The van der Waals surface area contributed by atoms with Gasteiger partial charge in [0.2, 0.25) is 0 Å². The second kappa shape index (κ2) is 1.62. The molecule has 1 heterocycles. The number of carbonyl (C=O) groups excluding carboxylic acids is 1. The third kappa shape index (κ3) is 0.553. The third-order valence-corrected chi connectivity index (χ3v) is 3.06. The Morgan fingerprint density at radius 1 is 1.40 bits per heavy atom. The maximum atomic E-state index is 10.7. The minimum atomic E-state index is 0.0191. The first kappa shape index (κ1) is 6.35. The van der Waals surface area contributed by atoms with E-state index in [0.717, 1.165) is 32.3 Å². The van der Waals surface area contributed by atoms with Crippen molar-refractivity contribution < 1.29 is 9.53 Å². The van der Waals surface area contributed by atoms with E-state index in [1.54, 1.807) is 0 Å². The Balaban J connectivity index is 2.16. The van der Waals surface area contributed by atoms with Crippen LogP contribution in [0.15, 0.2) is 0 Å². The minimum absolute atomic E-state index is 0.0191. The average Bonchev–Trinajstić information content (AvgIpc) is 2.63. The SMILES string of the molecule is CC1(C2(C=O)CC2)COC1. The lowest BCUT2D eigenvalue weighted by molar-refractivity contribution is -0.153. The fourth-order valence-corrected chi connectivity index (χ4v) is 1.69. The first-order valence-corrected chi connectivity index (χ1v) is 3.77. The quantitative estimate of drug-likeness (QED) is 0.535. The van der Waals surface area contributed by atoms with Crippen LogP contribution in [0, 0.1) is 10.8 Å². The fourth-order valence-electron chi connectivity index (χ4n) is 1.69. The topological polar surface area (TPSA) is 26.3 Å². The van der Waals surface area contributed by atoms with Gasteiger partial charge in [0, 0.05) is 10.8 Å². The molecule has 2 rings (SSSR count). The summed E-state index contributed by atoms with van der Waals surface area (Å²) in [4.78, 5) is 10.7. The Hall–Kier alpha value is -0.370. The zero-order valence-electron chi connectivity index (χ0n) is 6.22. The lowest BCUT2D eigenvalue weighted by Gasteiger charge is -2.42. The van der Waals surface area contributed by atoms with Crippen molar-refractivity contribution in [3.8, 4) is 0 Å². The van der Waals surface area contributed by atoms with Gasteiger partial charge >= 0.3 is 0 Å². The van der Waals surface area contributed by atoms with E-state index >= 15 is 0 Å². The van der Waals surface area contributed by atoms with Crippen molar-refractivity contribution in [2.75, 3.05) is 13.2 Å². The predicted molar refractivity (Wildman–Crippen MR) is 36.7 cm³/mol. The van der Waals surface area contributed by atoms with E-state index in [4.69, 9.17) is 4.74 Å². The molecule has 10 heavy (non-hydrogen) atoms.